The molecular formula is C17H20BrClN2O4. The number of benzene rings is 1. The number of β-amino-alcohol motifs (C(OH)–C–C–N with tert-alkyl or cyclic N) is 1. The van der Waals surface area contributed by atoms with Crippen LogP contribution in [0.1, 0.15) is 16.3 Å². The lowest BCUT2D eigenvalue weighted by molar-refractivity contribution is 0.0896. The van der Waals surface area contributed by atoms with Gasteiger partial charge in [-0.2, -0.15) is 0 Å². The Morgan fingerprint density at radius 1 is 1.28 bits per heavy atom. The number of furan rings is 1. The predicted molar refractivity (Wildman–Crippen MR) is 99.1 cm³/mol. The third-order valence-electron chi connectivity index (χ3n) is 3.91. The lowest BCUT2D eigenvalue weighted by atomic mass is 10.1. The van der Waals surface area contributed by atoms with E-state index in [2.05, 4.69) is 26.6 Å². The van der Waals surface area contributed by atoms with E-state index in [1.807, 2.05) is 24.3 Å². The Bertz CT molecular complexity index is 692. The first-order valence-electron chi connectivity index (χ1n) is 7.76. The zero-order valence-electron chi connectivity index (χ0n) is 13.4. The highest BCUT2D eigenvalue weighted by Gasteiger charge is 2.25. The fourth-order valence-electron chi connectivity index (χ4n) is 2.50. The molecule has 136 valence electrons. The van der Waals surface area contributed by atoms with E-state index in [-0.39, 0.29) is 36.6 Å². The summed E-state index contributed by atoms with van der Waals surface area (Å²) in [6.45, 7) is 1.93. The largest absolute Gasteiger partial charge is 0.486 e. The van der Waals surface area contributed by atoms with E-state index in [1.54, 1.807) is 12.1 Å². The molecule has 3 rings (SSSR count). The Labute approximate surface area is 160 Å². The predicted octanol–water partition coefficient (Wildman–Crippen LogP) is 2.35. The fourth-order valence-corrected chi connectivity index (χ4v) is 2.77. The molecule has 1 aromatic heterocycles. The van der Waals surface area contributed by atoms with Crippen molar-refractivity contribution in [1.29, 1.82) is 0 Å². The van der Waals surface area contributed by atoms with Crippen LogP contribution < -0.4 is 15.4 Å². The Hall–Kier alpha value is -1.54. The molecule has 1 aliphatic rings. The fraction of sp³-hybridized carbons (Fsp3) is 0.353. The van der Waals surface area contributed by atoms with Gasteiger partial charge in [-0.15, -0.1) is 12.4 Å². The molecule has 8 heteroatoms. The lowest BCUT2D eigenvalue weighted by Gasteiger charge is -2.13. The number of hydrogen-bond donors (Lipinski definition) is 3. The molecule has 0 radical (unpaired) electrons. The number of nitrogens with one attached hydrogen (secondary N) is 2. The van der Waals surface area contributed by atoms with Gasteiger partial charge in [-0.3, -0.25) is 4.79 Å². The molecule has 0 aliphatic carbocycles. The average molecular weight is 432 g/mol. The van der Waals surface area contributed by atoms with Crippen LogP contribution in [-0.2, 0) is 6.61 Å². The standard InChI is InChI=1S/C17H19BrN2O4.ClH/c18-12-1-3-13(4-2-12)23-10-14-5-6-16(24-14)17(22)20-8-11-7-19-9-15(11)21;/h1-6,11,15,19,21H,7-10H2,(H,20,22);1H. The molecule has 6 nitrogen and oxygen atoms in total. The van der Waals surface area contributed by atoms with Crippen molar-refractivity contribution < 1.29 is 19.1 Å². The number of carbonyl (C=O) groups is 1. The van der Waals surface area contributed by atoms with E-state index >= 15 is 0 Å². The first kappa shape index (κ1) is 19.8. The van der Waals surface area contributed by atoms with Gasteiger partial charge in [-0.05, 0) is 36.4 Å². The normalized spacial score (nSPS) is 19.3. The van der Waals surface area contributed by atoms with Crippen LogP contribution in [0.15, 0.2) is 45.3 Å². The summed E-state index contributed by atoms with van der Waals surface area (Å²) in [5.74, 6) is 1.28. The second kappa shape index (κ2) is 9.24. The summed E-state index contributed by atoms with van der Waals surface area (Å²) < 4.78 is 12.1. The molecular weight excluding hydrogens is 412 g/mol. The van der Waals surface area contributed by atoms with Crippen LogP contribution in [0.2, 0.25) is 0 Å². The Kier molecular flexibility index (Phi) is 7.31. The molecule has 1 fully saturated rings. The summed E-state index contributed by atoms with van der Waals surface area (Å²) in [6.07, 6.45) is -0.420. The number of hydrogen-bond acceptors (Lipinski definition) is 5. The minimum Gasteiger partial charge on any atom is -0.486 e. The summed E-state index contributed by atoms with van der Waals surface area (Å²) >= 11 is 3.37. The van der Waals surface area contributed by atoms with E-state index in [4.69, 9.17) is 9.15 Å². The van der Waals surface area contributed by atoms with E-state index in [0.29, 0.717) is 25.4 Å². The molecule has 2 aromatic rings. The Balaban J connectivity index is 0.00000225. The number of aliphatic hydroxyl groups is 1. The zero-order valence-corrected chi connectivity index (χ0v) is 15.8. The number of ether oxygens (including phenoxy) is 1. The van der Waals surface area contributed by atoms with Crippen LogP contribution in [0.3, 0.4) is 0 Å². The quantitative estimate of drug-likeness (QED) is 0.654. The van der Waals surface area contributed by atoms with Gasteiger partial charge in [-0.25, -0.2) is 0 Å². The smallest absolute Gasteiger partial charge is 0.287 e. The first-order valence-corrected chi connectivity index (χ1v) is 8.55. The SMILES string of the molecule is Cl.O=C(NCC1CNCC1O)c1ccc(COc2ccc(Br)cc2)o1. The Morgan fingerprint density at radius 3 is 2.72 bits per heavy atom. The second-order valence-electron chi connectivity index (χ2n) is 5.70. The summed E-state index contributed by atoms with van der Waals surface area (Å²) in [6, 6.07) is 10.8. The van der Waals surface area contributed by atoms with Gasteiger partial charge in [-0.1, -0.05) is 15.9 Å². The molecule has 2 atom stereocenters. The number of aliphatic hydroxyl groups excluding tert-OH is 1. The third kappa shape index (κ3) is 5.47. The number of carbonyl (C=O) groups excluding carboxylic acids is 1. The van der Waals surface area contributed by atoms with Crippen molar-refractivity contribution in [2.45, 2.75) is 12.7 Å². The number of amides is 1. The minimum atomic E-state index is -0.420. The number of rotatable bonds is 6. The molecule has 1 aliphatic heterocycles. The summed E-state index contributed by atoms with van der Waals surface area (Å²) in [5.41, 5.74) is 0. The first-order chi connectivity index (χ1) is 11.6. The second-order valence-corrected chi connectivity index (χ2v) is 6.62. The van der Waals surface area contributed by atoms with Crippen molar-refractivity contribution >= 4 is 34.2 Å². The monoisotopic (exact) mass is 430 g/mol. The zero-order chi connectivity index (χ0) is 16.9. The molecule has 2 unspecified atom stereocenters. The molecule has 3 N–H and O–H groups in total. The van der Waals surface area contributed by atoms with Gasteiger partial charge in [0.25, 0.3) is 5.91 Å². The molecule has 25 heavy (non-hydrogen) atoms. The number of halogens is 2. The van der Waals surface area contributed by atoms with E-state index in [1.165, 1.54) is 0 Å². The molecule has 0 spiro atoms. The topological polar surface area (TPSA) is 83.7 Å². The highest BCUT2D eigenvalue weighted by Crippen LogP contribution is 2.18. The van der Waals surface area contributed by atoms with Crippen LogP contribution in [0.4, 0.5) is 0 Å². The maximum atomic E-state index is 12.1. The van der Waals surface area contributed by atoms with Crippen molar-refractivity contribution in [1.82, 2.24) is 10.6 Å². The van der Waals surface area contributed by atoms with Crippen molar-refractivity contribution in [2.24, 2.45) is 5.92 Å². The van der Waals surface area contributed by atoms with Gasteiger partial charge in [0.1, 0.15) is 18.1 Å². The highest BCUT2D eigenvalue weighted by molar-refractivity contribution is 9.10. The Morgan fingerprint density at radius 2 is 2.04 bits per heavy atom. The maximum Gasteiger partial charge on any atom is 0.287 e. The van der Waals surface area contributed by atoms with Crippen molar-refractivity contribution in [2.75, 3.05) is 19.6 Å². The maximum absolute atomic E-state index is 12.1. The molecule has 0 bridgehead atoms. The van der Waals surface area contributed by atoms with Crippen molar-refractivity contribution in [3.8, 4) is 5.75 Å². The van der Waals surface area contributed by atoms with Gasteiger partial charge in [0.2, 0.25) is 0 Å². The lowest BCUT2D eigenvalue weighted by Crippen LogP contribution is -2.34. The van der Waals surface area contributed by atoms with Crippen LogP contribution in [0, 0.1) is 5.92 Å². The van der Waals surface area contributed by atoms with Crippen molar-refractivity contribution in [3.63, 3.8) is 0 Å². The van der Waals surface area contributed by atoms with Gasteiger partial charge < -0.3 is 24.9 Å². The van der Waals surface area contributed by atoms with Gasteiger partial charge in [0, 0.05) is 30.0 Å². The van der Waals surface area contributed by atoms with Crippen LogP contribution in [0.5, 0.6) is 5.75 Å². The minimum absolute atomic E-state index is 0. The molecule has 2 heterocycles. The van der Waals surface area contributed by atoms with Gasteiger partial charge >= 0.3 is 0 Å². The molecule has 0 saturated carbocycles. The van der Waals surface area contributed by atoms with Crippen LogP contribution >= 0.6 is 28.3 Å². The molecule has 1 aromatic carbocycles. The van der Waals surface area contributed by atoms with Gasteiger partial charge in [0.05, 0.1) is 6.10 Å². The highest BCUT2D eigenvalue weighted by atomic mass is 79.9. The summed E-state index contributed by atoms with van der Waals surface area (Å²) in [5, 5.41) is 15.6. The third-order valence-corrected chi connectivity index (χ3v) is 4.44. The molecule has 1 amide bonds. The summed E-state index contributed by atoms with van der Waals surface area (Å²) in [7, 11) is 0. The van der Waals surface area contributed by atoms with Crippen molar-refractivity contribution in [3.05, 3.63) is 52.4 Å². The van der Waals surface area contributed by atoms with E-state index < -0.39 is 6.10 Å². The average Bonchev–Trinajstić information content (AvgIpc) is 3.21. The van der Waals surface area contributed by atoms with Crippen LogP contribution in [-0.4, -0.2) is 36.8 Å². The molecule has 1 saturated heterocycles. The van der Waals surface area contributed by atoms with E-state index in [0.717, 1.165) is 10.2 Å². The summed E-state index contributed by atoms with van der Waals surface area (Å²) in [4.78, 5) is 12.1. The van der Waals surface area contributed by atoms with Gasteiger partial charge in [0.15, 0.2) is 5.76 Å². The van der Waals surface area contributed by atoms with Crippen LogP contribution in [0.25, 0.3) is 0 Å². The van der Waals surface area contributed by atoms with E-state index in [9.17, 15) is 9.90 Å².